The maximum atomic E-state index is 5.91. The fourth-order valence-corrected chi connectivity index (χ4v) is 2.27. The van der Waals surface area contributed by atoms with Crippen LogP contribution in [0.25, 0.3) is 0 Å². The van der Waals surface area contributed by atoms with Gasteiger partial charge in [-0.2, -0.15) is 4.37 Å². The molecule has 6 heteroatoms. The van der Waals surface area contributed by atoms with Crippen molar-refractivity contribution >= 4 is 45.3 Å². The highest BCUT2D eigenvalue weighted by molar-refractivity contribution is 7.15. The van der Waals surface area contributed by atoms with Gasteiger partial charge in [-0.1, -0.05) is 11.6 Å². The van der Waals surface area contributed by atoms with Crippen LogP contribution in [0, 0.1) is 6.92 Å². The summed E-state index contributed by atoms with van der Waals surface area (Å²) in [4.78, 5) is 4.17. The van der Waals surface area contributed by atoms with Crippen LogP contribution in [0.5, 0.6) is 0 Å². The first-order valence-electron chi connectivity index (χ1n) is 3.56. The first kappa shape index (κ1) is 8.93. The van der Waals surface area contributed by atoms with Gasteiger partial charge in [-0.15, -0.1) is 11.3 Å². The molecular weight excluding hydrogens is 226 g/mol. The van der Waals surface area contributed by atoms with Gasteiger partial charge in [0, 0.05) is 11.5 Å². The van der Waals surface area contributed by atoms with Crippen LogP contribution in [0.1, 0.15) is 5.82 Å². The average Bonchev–Trinajstić information content (AvgIpc) is 2.64. The number of aromatic nitrogens is 2. The van der Waals surface area contributed by atoms with Gasteiger partial charge < -0.3 is 5.32 Å². The zero-order valence-corrected chi connectivity index (χ0v) is 9.13. The fourth-order valence-electron chi connectivity index (χ4n) is 0.845. The minimum Gasteiger partial charge on any atom is -0.328 e. The molecule has 1 N–H and O–H groups in total. The molecule has 0 aliphatic carbocycles. The number of hydrogen-bond acceptors (Lipinski definition) is 5. The third-order valence-corrected chi connectivity index (χ3v) is 3.28. The van der Waals surface area contributed by atoms with Crippen molar-refractivity contribution in [1.82, 2.24) is 9.36 Å². The molecule has 0 bridgehead atoms. The lowest BCUT2D eigenvalue weighted by Gasteiger charge is -1.97. The summed E-state index contributed by atoms with van der Waals surface area (Å²) < 4.78 is 4.80. The number of rotatable bonds is 2. The molecule has 0 aromatic carbocycles. The van der Waals surface area contributed by atoms with Gasteiger partial charge in [-0.05, 0) is 18.4 Å². The summed E-state index contributed by atoms with van der Waals surface area (Å²) in [6.45, 7) is 1.86. The fraction of sp³-hybridized carbons (Fsp3) is 0.143. The van der Waals surface area contributed by atoms with E-state index in [1.807, 2.05) is 18.4 Å². The molecule has 0 radical (unpaired) electrons. The van der Waals surface area contributed by atoms with Crippen LogP contribution in [0.3, 0.4) is 0 Å². The zero-order valence-electron chi connectivity index (χ0n) is 6.74. The normalized spacial score (nSPS) is 10.3. The van der Waals surface area contributed by atoms with Gasteiger partial charge in [0.05, 0.1) is 5.69 Å². The lowest BCUT2D eigenvalue weighted by Crippen LogP contribution is -1.87. The standard InChI is InChI=1S/C7H6ClN3S2/c1-4-9-7(13-11-4)10-5-2-3-12-6(5)8/h2-3H,1H3,(H,9,10,11). The first-order chi connectivity index (χ1) is 6.25. The molecule has 0 fully saturated rings. The molecular formula is C7H6ClN3S2. The molecule has 2 heterocycles. The maximum absolute atomic E-state index is 5.91. The van der Waals surface area contributed by atoms with Gasteiger partial charge in [0.15, 0.2) is 0 Å². The molecule has 3 nitrogen and oxygen atoms in total. The number of halogens is 1. The van der Waals surface area contributed by atoms with Crippen molar-refractivity contribution in [2.24, 2.45) is 0 Å². The minimum absolute atomic E-state index is 0.743. The van der Waals surface area contributed by atoms with Crippen LogP contribution in [0.15, 0.2) is 11.4 Å². The molecule has 2 aromatic rings. The maximum Gasteiger partial charge on any atom is 0.207 e. The van der Waals surface area contributed by atoms with E-state index < -0.39 is 0 Å². The second-order valence-electron chi connectivity index (χ2n) is 2.38. The lowest BCUT2D eigenvalue weighted by atomic mass is 10.5. The van der Waals surface area contributed by atoms with Crippen molar-refractivity contribution in [2.45, 2.75) is 6.92 Å². The third-order valence-electron chi connectivity index (χ3n) is 1.39. The number of anilines is 2. The predicted molar refractivity (Wildman–Crippen MR) is 57.3 cm³/mol. The Morgan fingerprint density at radius 2 is 2.38 bits per heavy atom. The molecule has 0 saturated carbocycles. The summed E-state index contributed by atoms with van der Waals surface area (Å²) in [6, 6.07) is 1.92. The van der Waals surface area contributed by atoms with Crippen LogP contribution < -0.4 is 5.32 Å². The summed E-state index contributed by atoms with van der Waals surface area (Å²) in [5.41, 5.74) is 0.891. The Morgan fingerprint density at radius 3 is 2.92 bits per heavy atom. The molecule has 2 rings (SSSR count). The van der Waals surface area contributed by atoms with Crippen molar-refractivity contribution < 1.29 is 0 Å². The Kier molecular flexibility index (Phi) is 2.48. The van der Waals surface area contributed by atoms with E-state index in [1.54, 1.807) is 0 Å². The summed E-state index contributed by atoms with van der Waals surface area (Å²) in [7, 11) is 0. The van der Waals surface area contributed by atoms with Crippen LogP contribution in [0.2, 0.25) is 4.34 Å². The molecule has 13 heavy (non-hydrogen) atoms. The molecule has 0 aliphatic rings. The minimum atomic E-state index is 0.743. The smallest absolute Gasteiger partial charge is 0.207 e. The number of thiophene rings is 1. The molecule has 0 unspecified atom stereocenters. The van der Waals surface area contributed by atoms with Crippen molar-refractivity contribution in [1.29, 1.82) is 0 Å². The Balaban J connectivity index is 2.19. The number of nitrogens with one attached hydrogen (secondary N) is 1. The Hall–Kier alpha value is -0.650. The Labute approximate surface area is 88.6 Å². The van der Waals surface area contributed by atoms with Gasteiger partial charge in [-0.25, -0.2) is 4.98 Å². The second-order valence-corrected chi connectivity index (χ2v) is 4.65. The van der Waals surface area contributed by atoms with Gasteiger partial charge >= 0.3 is 0 Å². The van der Waals surface area contributed by atoms with Gasteiger partial charge in [0.2, 0.25) is 5.13 Å². The summed E-state index contributed by atoms with van der Waals surface area (Å²) >= 11 is 8.73. The number of hydrogen-bond donors (Lipinski definition) is 1. The Bertz CT molecular complexity index is 409. The quantitative estimate of drug-likeness (QED) is 0.862. The molecule has 68 valence electrons. The predicted octanol–water partition coefficient (Wildman–Crippen LogP) is 3.31. The molecule has 0 saturated heterocycles. The van der Waals surface area contributed by atoms with E-state index in [4.69, 9.17) is 11.6 Å². The number of aryl methyl sites for hydroxylation is 1. The molecule has 0 atom stereocenters. The van der Waals surface area contributed by atoms with E-state index in [9.17, 15) is 0 Å². The molecule has 0 spiro atoms. The average molecular weight is 232 g/mol. The zero-order chi connectivity index (χ0) is 9.26. The topological polar surface area (TPSA) is 37.8 Å². The van der Waals surface area contributed by atoms with Crippen LogP contribution >= 0.6 is 34.5 Å². The van der Waals surface area contributed by atoms with Crippen LogP contribution in [0.4, 0.5) is 10.8 Å². The molecule has 0 aliphatic heterocycles. The van der Waals surface area contributed by atoms with Crippen molar-refractivity contribution in [3.05, 3.63) is 21.6 Å². The van der Waals surface area contributed by atoms with E-state index in [-0.39, 0.29) is 0 Å². The third kappa shape index (κ3) is 1.99. The highest BCUT2D eigenvalue weighted by atomic mass is 35.5. The van der Waals surface area contributed by atoms with E-state index >= 15 is 0 Å². The highest BCUT2D eigenvalue weighted by Crippen LogP contribution is 2.30. The van der Waals surface area contributed by atoms with Crippen molar-refractivity contribution in [2.75, 3.05) is 5.32 Å². The van der Waals surface area contributed by atoms with E-state index in [0.717, 1.165) is 21.0 Å². The Morgan fingerprint density at radius 1 is 1.54 bits per heavy atom. The van der Waals surface area contributed by atoms with E-state index in [0.29, 0.717) is 0 Å². The lowest BCUT2D eigenvalue weighted by molar-refractivity contribution is 1.17. The monoisotopic (exact) mass is 231 g/mol. The highest BCUT2D eigenvalue weighted by Gasteiger charge is 2.04. The van der Waals surface area contributed by atoms with Crippen LogP contribution in [-0.2, 0) is 0 Å². The molecule has 2 aromatic heterocycles. The molecule has 0 amide bonds. The van der Waals surface area contributed by atoms with Crippen molar-refractivity contribution in [3.8, 4) is 0 Å². The van der Waals surface area contributed by atoms with E-state index in [2.05, 4.69) is 14.7 Å². The van der Waals surface area contributed by atoms with Crippen LogP contribution in [-0.4, -0.2) is 9.36 Å². The second kappa shape index (κ2) is 3.61. The van der Waals surface area contributed by atoms with E-state index in [1.165, 1.54) is 22.9 Å². The van der Waals surface area contributed by atoms with Gasteiger partial charge in [-0.3, -0.25) is 0 Å². The van der Waals surface area contributed by atoms with Gasteiger partial charge in [0.25, 0.3) is 0 Å². The SMILES string of the molecule is Cc1nsc(Nc2ccsc2Cl)n1. The van der Waals surface area contributed by atoms with Gasteiger partial charge in [0.1, 0.15) is 10.2 Å². The summed E-state index contributed by atoms with van der Waals surface area (Å²) in [5.74, 6) is 0.777. The first-order valence-corrected chi connectivity index (χ1v) is 5.59. The number of nitrogens with zero attached hydrogens (tertiary/aromatic N) is 2. The summed E-state index contributed by atoms with van der Waals surface area (Å²) in [5, 5.41) is 5.80. The summed E-state index contributed by atoms with van der Waals surface area (Å²) in [6.07, 6.45) is 0. The van der Waals surface area contributed by atoms with Crippen molar-refractivity contribution in [3.63, 3.8) is 0 Å². The largest absolute Gasteiger partial charge is 0.328 e.